The highest BCUT2D eigenvalue weighted by Crippen LogP contribution is 2.42. The highest BCUT2D eigenvalue weighted by atomic mass is 32.2. The Hall–Kier alpha value is -4.58. The van der Waals surface area contributed by atoms with Crippen molar-refractivity contribution in [1.29, 1.82) is 0 Å². The van der Waals surface area contributed by atoms with Gasteiger partial charge in [-0.1, -0.05) is 47.4 Å². The van der Waals surface area contributed by atoms with E-state index in [1.54, 1.807) is 36.4 Å². The van der Waals surface area contributed by atoms with Crippen molar-refractivity contribution in [3.05, 3.63) is 81.8 Å². The minimum absolute atomic E-state index is 0.108. The molecule has 0 bridgehead atoms. The number of aryl methyl sites for hydroxylation is 1. The van der Waals surface area contributed by atoms with Crippen molar-refractivity contribution in [2.45, 2.75) is 35.3 Å². The average molecular weight is 680 g/mol. The van der Waals surface area contributed by atoms with Gasteiger partial charge in [0.1, 0.15) is 39.2 Å². The molecule has 2 aliphatic rings. The lowest BCUT2D eigenvalue weighted by Gasteiger charge is -2.49. The fourth-order valence-electron chi connectivity index (χ4n) is 5.01. The van der Waals surface area contributed by atoms with Gasteiger partial charge in [-0.15, -0.1) is 22.0 Å². The summed E-state index contributed by atoms with van der Waals surface area (Å²) in [6.45, 7) is 1.58. The van der Waals surface area contributed by atoms with E-state index in [-0.39, 0.29) is 23.4 Å². The van der Waals surface area contributed by atoms with Gasteiger partial charge in [-0.25, -0.2) is 4.79 Å². The van der Waals surface area contributed by atoms with Crippen molar-refractivity contribution in [3.8, 4) is 5.75 Å². The average Bonchev–Trinajstić information content (AvgIpc) is 3.49. The first kappa shape index (κ1) is 31.4. The Balaban J connectivity index is 1.22. The molecular weight excluding hydrogens is 655 g/mol. The zero-order valence-electron chi connectivity index (χ0n) is 23.9. The van der Waals surface area contributed by atoms with E-state index in [0.717, 1.165) is 5.01 Å². The van der Waals surface area contributed by atoms with E-state index >= 15 is 0 Å². The van der Waals surface area contributed by atoms with Crippen LogP contribution in [0.3, 0.4) is 0 Å². The molecule has 4 aromatic rings. The number of β-lactam (4-membered cyclic amide) rings is 1. The van der Waals surface area contributed by atoms with Crippen LogP contribution >= 0.6 is 34.9 Å². The van der Waals surface area contributed by atoms with Gasteiger partial charge in [-0.2, -0.15) is 0 Å². The Bertz CT molecular complexity index is 1900. The number of carbonyl (C=O) groups is 4. The number of hydrogen-bond acceptors (Lipinski definition) is 13. The van der Waals surface area contributed by atoms with Gasteiger partial charge in [-0.3, -0.25) is 29.3 Å². The molecule has 5 N–H and O–H groups in total. The third-order valence-electron chi connectivity index (χ3n) is 7.30. The van der Waals surface area contributed by atoms with Gasteiger partial charge >= 0.3 is 5.97 Å². The predicted molar refractivity (Wildman–Crippen MR) is 169 cm³/mol. The summed E-state index contributed by atoms with van der Waals surface area (Å²) in [5.74, 6) is -3.19. The third kappa shape index (κ3) is 6.01. The first-order valence-corrected chi connectivity index (χ1v) is 16.6. The number of hydrogen-bond donors (Lipinski definition) is 5. The second kappa shape index (κ2) is 13.0. The standard InChI is InChI=1S/C29H25N7O7S3/c1-13-34-35-29(46-13)45-12-16-11-44-27-21(26(41)36(27)22(16)28(42)43)33-25(40)19(15-6-4-14(10-37)5-7-15)32-24(39)17-9-31-18-3-2-8-30-20(18)23(17)38/h2-9,19,21,27,37H,10-12H2,1H3,(H,31,38)(H,32,39)(H,33,40)(H,42,43)/t19?,21?,27-/m0/s1. The number of thioether (sulfide) groups is 2. The number of pyridine rings is 2. The topological polar surface area (TPSA) is 208 Å². The van der Waals surface area contributed by atoms with Crippen LogP contribution in [0, 0.1) is 6.92 Å². The van der Waals surface area contributed by atoms with Crippen LogP contribution in [-0.2, 0) is 21.0 Å². The molecule has 46 heavy (non-hydrogen) atoms. The van der Waals surface area contributed by atoms with Crippen LogP contribution in [-0.4, -0.2) is 87.0 Å². The Morgan fingerprint density at radius 3 is 2.63 bits per heavy atom. The van der Waals surface area contributed by atoms with Gasteiger partial charge in [-0.05, 0) is 35.8 Å². The number of nitrogens with one attached hydrogen (secondary N) is 2. The first-order valence-electron chi connectivity index (χ1n) is 13.7. The van der Waals surface area contributed by atoms with Gasteiger partial charge < -0.3 is 26.0 Å². The second-order valence-electron chi connectivity index (χ2n) is 10.2. The zero-order chi connectivity index (χ0) is 32.5. The Kier molecular flexibility index (Phi) is 8.90. The number of carboxylic acid groups (broad SMARTS) is 1. The fourth-order valence-corrected chi connectivity index (χ4v) is 8.31. The van der Waals surface area contributed by atoms with Crippen molar-refractivity contribution in [2.24, 2.45) is 0 Å². The maximum absolute atomic E-state index is 13.7. The third-order valence-corrected chi connectivity index (χ3v) is 10.7. The van der Waals surface area contributed by atoms with Crippen LogP contribution in [0.4, 0.5) is 0 Å². The lowest BCUT2D eigenvalue weighted by atomic mass is 10.00. The molecule has 1 saturated heterocycles. The van der Waals surface area contributed by atoms with E-state index in [2.05, 4.69) is 30.8 Å². The number of aromatic nitrogens is 4. The van der Waals surface area contributed by atoms with Gasteiger partial charge in [0.15, 0.2) is 10.1 Å². The Morgan fingerprint density at radius 1 is 1.15 bits per heavy atom. The van der Waals surface area contributed by atoms with Gasteiger partial charge in [0.2, 0.25) is 5.91 Å². The van der Waals surface area contributed by atoms with Gasteiger partial charge in [0.05, 0.1) is 12.1 Å². The molecule has 14 nitrogen and oxygen atoms in total. The lowest BCUT2D eigenvalue weighted by Crippen LogP contribution is -2.71. The number of carboxylic acids is 1. The molecule has 0 radical (unpaired) electrons. The summed E-state index contributed by atoms with van der Waals surface area (Å²) >= 11 is 4.05. The summed E-state index contributed by atoms with van der Waals surface area (Å²) in [4.78, 5) is 62.2. The summed E-state index contributed by atoms with van der Waals surface area (Å²) in [6.07, 6.45) is 2.62. The van der Waals surface area contributed by atoms with Crippen molar-refractivity contribution in [3.63, 3.8) is 0 Å². The molecule has 0 spiro atoms. The van der Waals surface area contributed by atoms with E-state index in [1.165, 1.54) is 52.2 Å². The maximum Gasteiger partial charge on any atom is 0.352 e. The number of fused-ring (bicyclic) bond motifs is 2. The first-order chi connectivity index (χ1) is 22.2. The molecule has 17 heteroatoms. The van der Waals surface area contributed by atoms with E-state index < -0.39 is 46.9 Å². The fraction of sp³-hybridized carbons (Fsp3) is 0.241. The summed E-state index contributed by atoms with van der Waals surface area (Å²) in [5, 5.41) is 43.7. The Labute approximate surface area is 273 Å². The quantitative estimate of drug-likeness (QED) is 0.120. The smallest absolute Gasteiger partial charge is 0.352 e. The highest BCUT2D eigenvalue weighted by Gasteiger charge is 2.54. The van der Waals surface area contributed by atoms with Crippen molar-refractivity contribution >= 4 is 69.6 Å². The van der Waals surface area contributed by atoms with Crippen LogP contribution in [0.2, 0.25) is 0 Å². The Morgan fingerprint density at radius 2 is 1.93 bits per heavy atom. The van der Waals surface area contributed by atoms with Crippen LogP contribution in [0.25, 0.3) is 11.0 Å². The number of rotatable bonds is 10. The number of amides is 3. The van der Waals surface area contributed by atoms with Crippen LogP contribution in [0.5, 0.6) is 5.75 Å². The summed E-state index contributed by atoms with van der Waals surface area (Å²) in [6, 6.07) is 7.14. The van der Waals surface area contributed by atoms with Crippen molar-refractivity contribution in [1.82, 2.24) is 35.7 Å². The molecule has 236 valence electrons. The zero-order valence-corrected chi connectivity index (χ0v) is 26.4. The minimum atomic E-state index is -1.33. The number of aliphatic hydroxyl groups is 1. The minimum Gasteiger partial charge on any atom is -0.505 e. The van der Waals surface area contributed by atoms with Crippen molar-refractivity contribution < 1.29 is 34.5 Å². The van der Waals surface area contributed by atoms with Crippen molar-refractivity contribution in [2.75, 3.05) is 11.5 Å². The summed E-state index contributed by atoms with van der Waals surface area (Å²) < 4.78 is 0.686. The lowest BCUT2D eigenvalue weighted by molar-refractivity contribution is -0.151. The number of aromatic hydroxyl groups is 1. The van der Waals surface area contributed by atoms with E-state index in [4.69, 9.17) is 0 Å². The van der Waals surface area contributed by atoms with Crippen LogP contribution in [0.1, 0.15) is 32.5 Å². The molecule has 5 heterocycles. The van der Waals surface area contributed by atoms with Crippen LogP contribution < -0.4 is 10.6 Å². The SMILES string of the molecule is Cc1nnc(SCC2=C(C(=O)O)N3C(=O)C(NC(=O)C(NC(=O)c4cnc5cccnc5c4O)c4ccc(CO)cc4)[C@@H]3SC2)s1. The molecule has 3 aromatic heterocycles. The monoisotopic (exact) mass is 679 g/mol. The number of carbonyl (C=O) groups excluding carboxylic acids is 3. The van der Waals surface area contributed by atoms with E-state index in [0.29, 0.717) is 38.1 Å². The highest BCUT2D eigenvalue weighted by molar-refractivity contribution is 8.01. The van der Waals surface area contributed by atoms with Gasteiger partial charge in [0, 0.05) is 23.9 Å². The summed E-state index contributed by atoms with van der Waals surface area (Å²) in [5.41, 5.74) is 1.61. The molecule has 2 aliphatic heterocycles. The number of aliphatic hydroxyl groups excluding tert-OH is 1. The van der Waals surface area contributed by atoms with E-state index in [9.17, 15) is 34.5 Å². The summed E-state index contributed by atoms with van der Waals surface area (Å²) in [7, 11) is 0. The number of aliphatic carboxylic acids is 1. The maximum atomic E-state index is 13.7. The molecule has 6 rings (SSSR count). The molecule has 0 saturated carbocycles. The largest absolute Gasteiger partial charge is 0.505 e. The van der Waals surface area contributed by atoms with Gasteiger partial charge in [0.25, 0.3) is 11.8 Å². The number of nitrogens with zero attached hydrogens (tertiary/aromatic N) is 5. The van der Waals surface area contributed by atoms with E-state index in [1.807, 2.05) is 6.92 Å². The second-order valence-corrected chi connectivity index (χ2v) is 13.7. The normalized spacial score (nSPS) is 18.1. The molecule has 2 unspecified atom stereocenters. The predicted octanol–water partition coefficient (Wildman–Crippen LogP) is 1.99. The molecule has 3 amide bonds. The molecule has 1 aromatic carbocycles. The molecule has 1 fully saturated rings. The number of benzene rings is 1. The molecule has 0 aliphatic carbocycles. The van der Waals surface area contributed by atoms with Crippen LogP contribution in [0.15, 0.2) is 64.4 Å². The molecule has 3 atom stereocenters. The molecular formula is C29H25N7O7S3.